The molecule has 18 heavy (non-hydrogen) atoms. The maximum absolute atomic E-state index is 12.3. The number of hydrogen-bond acceptors (Lipinski definition) is 3. The molecule has 0 unspecified atom stereocenters. The first-order valence-electron chi connectivity index (χ1n) is 6.22. The predicted octanol–water partition coefficient (Wildman–Crippen LogP) is 0.701. The van der Waals surface area contributed by atoms with Crippen molar-refractivity contribution in [2.24, 2.45) is 5.73 Å². The van der Waals surface area contributed by atoms with Crippen LogP contribution < -0.4 is 11.3 Å². The fraction of sp³-hybridized carbons (Fsp3) is 0.538. The number of nitrogens with two attached hydrogens (primary N) is 1. The summed E-state index contributed by atoms with van der Waals surface area (Å²) in [5, 5.41) is 7.53. The maximum atomic E-state index is 12.3. The molecular weight excluding hydrogens is 228 g/mol. The molecule has 0 bridgehead atoms. The van der Waals surface area contributed by atoms with E-state index in [1.165, 1.54) is 0 Å². The second-order valence-electron chi connectivity index (χ2n) is 5.20. The van der Waals surface area contributed by atoms with Crippen molar-refractivity contribution in [3.63, 3.8) is 0 Å². The molecule has 0 atom stereocenters. The van der Waals surface area contributed by atoms with Gasteiger partial charge in [0.2, 0.25) is 0 Å². The fourth-order valence-electron chi connectivity index (χ4n) is 2.55. The molecule has 98 valence electrons. The van der Waals surface area contributed by atoms with Crippen molar-refractivity contribution < 1.29 is 0 Å². The monoisotopic (exact) mass is 248 g/mol. The zero-order valence-electron chi connectivity index (χ0n) is 11.2. The normalized spacial score (nSPS) is 15.8. The number of rotatable bonds is 2. The second-order valence-corrected chi connectivity index (χ2v) is 5.20. The summed E-state index contributed by atoms with van der Waals surface area (Å²) in [6.07, 6.45) is 0.872. The van der Waals surface area contributed by atoms with Gasteiger partial charge in [0.15, 0.2) is 0 Å². The van der Waals surface area contributed by atoms with Gasteiger partial charge in [0.05, 0.1) is 5.56 Å². The van der Waals surface area contributed by atoms with Crippen LogP contribution in [0, 0.1) is 5.41 Å². The van der Waals surface area contributed by atoms with E-state index in [4.69, 9.17) is 11.1 Å². The summed E-state index contributed by atoms with van der Waals surface area (Å²) in [4.78, 5) is 14.5. The Kier molecular flexibility index (Phi) is 3.26. The first-order valence-corrected chi connectivity index (χ1v) is 6.22. The average Bonchev–Trinajstić information content (AvgIpc) is 2.27. The van der Waals surface area contributed by atoms with Gasteiger partial charge in [0, 0.05) is 31.2 Å². The summed E-state index contributed by atoms with van der Waals surface area (Å²) in [5.74, 6) is -0.148. The van der Waals surface area contributed by atoms with Crippen molar-refractivity contribution in [1.29, 1.82) is 5.41 Å². The van der Waals surface area contributed by atoms with Gasteiger partial charge in [-0.3, -0.25) is 10.2 Å². The van der Waals surface area contributed by atoms with Gasteiger partial charge in [0.1, 0.15) is 5.84 Å². The van der Waals surface area contributed by atoms with E-state index in [9.17, 15) is 4.79 Å². The Morgan fingerprint density at radius 2 is 2.17 bits per heavy atom. The first kappa shape index (κ1) is 12.8. The Morgan fingerprint density at radius 3 is 2.72 bits per heavy atom. The lowest BCUT2D eigenvalue weighted by Gasteiger charge is -2.29. The van der Waals surface area contributed by atoms with E-state index in [1.54, 1.807) is 10.6 Å². The standard InChI is InChI=1S/C13H20N4O/c1-8(2)17-11-4-5-16(3)7-9(11)6-10(12(14)15)13(17)18/h6,8H,4-5,7H2,1-3H3,(H3,14,15). The third-order valence-corrected chi connectivity index (χ3v) is 3.41. The average molecular weight is 248 g/mol. The number of likely N-dealkylation sites (N-methyl/N-ethyl adjacent to an activating group) is 1. The lowest BCUT2D eigenvalue weighted by molar-refractivity contribution is 0.301. The lowest BCUT2D eigenvalue weighted by atomic mass is 10.0. The molecule has 0 aliphatic carbocycles. The highest BCUT2D eigenvalue weighted by molar-refractivity contribution is 5.94. The Labute approximate surface area is 107 Å². The number of amidine groups is 1. The molecule has 2 rings (SSSR count). The SMILES string of the molecule is CC(C)n1c2c(cc(C(=N)N)c1=O)CN(C)CC2. The smallest absolute Gasteiger partial charge is 0.261 e. The molecule has 1 aromatic rings. The van der Waals surface area contributed by atoms with Crippen molar-refractivity contribution in [3.05, 3.63) is 33.2 Å². The predicted molar refractivity (Wildman–Crippen MR) is 72.1 cm³/mol. The molecule has 0 saturated carbocycles. The highest BCUT2D eigenvalue weighted by atomic mass is 16.1. The minimum Gasteiger partial charge on any atom is -0.384 e. The summed E-state index contributed by atoms with van der Waals surface area (Å²) in [6, 6.07) is 1.88. The quantitative estimate of drug-likeness (QED) is 0.597. The van der Waals surface area contributed by atoms with Gasteiger partial charge < -0.3 is 15.2 Å². The molecule has 0 saturated heterocycles. The molecule has 3 N–H and O–H groups in total. The topological polar surface area (TPSA) is 75.1 Å². The third-order valence-electron chi connectivity index (χ3n) is 3.41. The van der Waals surface area contributed by atoms with Gasteiger partial charge in [-0.05, 0) is 32.5 Å². The van der Waals surface area contributed by atoms with Gasteiger partial charge >= 0.3 is 0 Å². The van der Waals surface area contributed by atoms with E-state index in [0.29, 0.717) is 5.56 Å². The zero-order valence-corrected chi connectivity index (χ0v) is 11.2. The third kappa shape index (κ3) is 2.06. The molecule has 1 aliphatic rings. The van der Waals surface area contributed by atoms with Crippen LogP contribution in [0.1, 0.15) is 36.7 Å². The summed E-state index contributed by atoms with van der Waals surface area (Å²) >= 11 is 0. The summed E-state index contributed by atoms with van der Waals surface area (Å²) in [7, 11) is 2.06. The maximum Gasteiger partial charge on any atom is 0.261 e. The summed E-state index contributed by atoms with van der Waals surface area (Å²) in [5.41, 5.74) is 7.90. The van der Waals surface area contributed by atoms with Crippen molar-refractivity contribution >= 4 is 5.84 Å². The van der Waals surface area contributed by atoms with Gasteiger partial charge in [-0.25, -0.2) is 0 Å². The number of aromatic nitrogens is 1. The highest BCUT2D eigenvalue weighted by Gasteiger charge is 2.21. The Morgan fingerprint density at radius 1 is 1.50 bits per heavy atom. The van der Waals surface area contributed by atoms with Crippen LogP contribution in [0.2, 0.25) is 0 Å². The van der Waals surface area contributed by atoms with E-state index in [1.807, 2.05) is 13.8 Å². The Hall–Kier alpha value is -1.62. The minimum atomic E-state index is -0.148. The molecule has 5 nitrogen and oxygen atoms in total. The number of fused-ring (bicyclic) bond motifs is 1. The van der Waals surface area contributed by atoms with Crippen LogP contribution in [0.4, 0.5) is 0 Å². The number of nitrogens with zero attached hydrogens (tertiary/aromatic N) is 2. The Balaban J connectivity index is 2.71. The molecule has 0 amide bonds. The van der Waals surface area contributed by atoms with Crippen molar-refractivity contribution in [2.75, 3.05) is 13.6 Å². The largest absolute Gasteiger partial charge is 0.384 e. The molecule has 0 spiro atoms. The number of hydrogen-bond donors (Lipinski definition) is 2. The molecule has 1 aromatic heterocycles. The Bertz CT molecular complexity index is 545. The zero-order chi connectivity index (χ0) is 13.4. The van der Waals surface area contributed by atoms with Crippen LogP contribution in [-0.2, 0) is 13.0 Å². The lowest BCUT2D eigenvalue weighted by Crippen LogP contribution is -2.38. The van der Waals surface area contributed by atoms with Crippen molar-refractivity contribution in [2.45, 2.75) is 32.9 Å². The molecule has 0 radical (unpaired) electrons. The molecule has 5 heteroatoms. The summed E-state index contributed by atoms with van der Waals surface area (Å²) < 4.78 is 1.79. The first-order chi connectivity index (χ1) is 8.41. The second kappa shape index (κ2) is 4.57. The van der Waals surface area contributed by atoms with Crippen LogP contribution in [-0.4, -0.2) is 28.9 Å². The van der Waals surface area contributed by atoms with E-state index >= 15 is 0 Å². The number of pyridine rings is 1. The number of nitrogen functional groups attached to an aromatic ring is 1. The fourth-order valence-corrected chi connectivity index (χ4v) is 2.55. The van der Waals surface area contributed by atoms with Crippen LogP contribution in [0.3, 0.4) is 0 Å². The van der Waals surface area contributed by atoms with Crippen LogP contribution in [0.15, 0.2) is 10.9 Å². The molecule has 2 heterocycles. The van der Waals surface area contributed by atoms with Crippen LogP contribution in [0.25, 0.3) is 0 Å². The van der Waals surface area contributed by atoms with E-state index in [0.717, 1.165) is 30.8 Å². The highest BCUT2D eigenvalue weighted by Crippen LogP contribution is 2.20. The van der Waals surface area contributed by atoms with E-state index in [-0.39, 0.29) is 17.4 Å². The van der Waals surface area contributed by atoms with Gasteiger partial charge in [0.25, 0.3) is 5.56 Å². The van der Waals surface area contributed by atoms with Crippen molar-refractivity contribution in [1.82, 2.24) is 9.47 Å². The molecular formula is C13H20N4O. The molecule has 1 aliphatic heterocycles. The minimum absolute atomic E-state index is 0.0916. The molecule has 0 aromatic carbocycles. The number of nitrogens with one attached hydrogen (secondary N) is 1. The molecule has 0 fully saturated rings. The van der Waals surface area contributed by atoms with E-state index in [2.05, 4.69) is 11.9 Å². The van der Waals surface area contributed by atoms with Crippen LogP contribution in [0.5, 0.6) is 0 Å². The summed E-state index contributed by atoms with van der Waals surface area (Å²) in [6.45, 7) is 5.75. The van der Waals surface area contributed by atoms with Gasteiger partial charge in [-0.15, -0.1) is 0 Å². The van der Waals surface area contributed by atoms with Crippen molar-refractivity contribution in [3.8, 4) is 0 Å². The van der Waals surface area contributed by atoms with Gasteiger partial charge in [-0.2, -0.15) is 0 Å². The van der Waals surface area contributed by atoms with Crippen LogP contribution >= 0.6 is 0 Å². The van der Waals surface area contributed by atoms with Gasteiger partial charge in [-0.1, -0.05) is 0 Å². The van der Waals surface area contributed by atoms with E-state index < -0.39 is 0 Å².